The Kier molecular flexibility index (Phi) is 5.23. The van der Waals surface area contributed by atoms with E-state index >= 15 is 0 Å². The highest BCUT2D eigenvalue weighted by atomic mass is 16.5. The van der Waals surface area contributed by atoms with E-state index in [1.165, 1.54) is 11.1 Å². The highest BCUT2D eigenvalue weighted by Crippen LogP contribution is 2.35. The maximum absolute atomic E-state index is 5.90. The molecule has 1 aliphatic rings. The Morgan fingerprint density at radius 1 is 1.32 bits per heavy atom. The van der Waals surface area contributed by atoms with Gasteiger partial charge in [-0.05, 0) is 25.5 Å². The Bertz CT molecular complexity index is 406. The first-order valence-corrected chi connectivity index (χ1v) is 7.41. The molecule has 1 aromatic rings. The van der Waals surface area contributed by atoms with E-state index in [1.807, 2.05) is 0 Å². The van der Waals surface area contributed by atoms with Gasteiger partial charge in [-0.25, -0.2) is 0 Å². The lowest BCUT2D eigenvalue weighted by atomic mass is 9.96. The number of hydrogen-bond acceptors (Lipinski definition) is 3. The predicted octanol–water partition coefficient (Wildman–Crippen LogP) is 3.09. The van der Waals surface area contributed by atoms with E-state index in [4.69, 9.17) is 9.47 Å². The fourth-order valence-corrected chi connectivity index (χ4v) is 2.81. The first-order chi connectivity index (χ1) is 9.31. The van der Waals surface area contributed by atoms with Gasteiger partial charge in [0.1, 0.15) is 5.75 Å². The Labute approximate surface area is 116 Å². The van der Waals surface area contributed by atoms with Crippen molar-refractivity contribution in [1.82, 2.24) is 5.32 Å². The number of ether oxygens (including phenoxy) is 2. The maximum atomic E-state index is 5.90. The van der Waals surface area contributed by atoms with Gasteiger partial charge in [-0.15, -0.1) is 0 Å². The van der Waals surface area contributed by atoms with E-state index in [1.54, 1.807) is 0 Å². The Balaban J connectivity index is 2.30. The van der Waals surface area contributed by atoms with Gasteiger partial charge in [0.25, 0.3) is 0 Å². The third-order valence-corrected chi connectivity index (χ3v) is 3.66. The summed E-state index contributed by atoms with van der Waals surface area (Å²) in [4.78, 5) is 0. The summed E-state index contributed by atoms with van der Waals surface area (Å²) in [5.41, 5.74) is 2.57. The third-order valence-electron chi connectivity index (χ3n) is 3.66. The van der Waals surface area contributed by atoms with Crippen molar-refractivity contribution in [2.75, 3.05) is 19.8 Å². The second-order valence-corrected chi connectivity index (χ2v) is 4.87. The van der Waals surface area contributed by atoms with Crippen LogP contribution in [0.1, 0.15) is 44.4 Å². The van der Waals surface area contributed by atoms with Crippen molar-refractivity contribution in [3.05, 3.63) is 29.3 Å². The maximum Gasteiger partial charge on any atom is 0.127 e. The van der Waals surface area contributed by atoms with Gasteiger partial charge >= 0.3 is 0 Å². The molecule has 19 heavy (non-hydrogen) atoms. The van der Waals surface area contributed by atoms with E-state index < -0.39 is 0 Å². The van der Waals surface area contributed by atoms with Gasteiger partial charge < -0.3 is 14.8 Å². The Morgan fingerprint density at radius 3 is 2.84 bits per heavy atom. The second kappa shape index (κ2) is 6.92. The molecular formula is C16H25NO2. The number of likely N-dealkylation sites (N-methyl/N-ethyl adjacent to an activating group) is 1. The number of fused-ring (bicyclic) bond motifs is 1. The van der Waals surface area contributed by atoms with Crippen LogP contribution in [0.4, 0.5) is 0 Å². The van der Waals surface area contributed by atoms with Crippen LogP contribution in [0.2, 0.25) is 0 Å². The van der Waals surface area contributed by atoms with E-state index in [2.05, 4.69) is 44.3 Å². The zero-order valence-electron chi connectivity index (χ0n) is 12.2. The first-order valence-electron chi connectivity index (χ1n) is 7.41. The standard InChI is InChI=1S/C16H25NO2/c1-4-14(18-6-3)15(17-5-2)13-9-7-8-12-10-11-19-16(12)13/h7-9,14-15,17H,4-6,10-11H2,1-3H3. The predicted molar refractivity (Wildman–Crippen MR) is 77.8 cm³/mol. The topological polar surface area (TPSA) is 30.5 Å². The van der Waals surface area contributed by atoms with Crippen molar-refractivity contribution in [3.63, 3.8) is 0 Å². The highest BCUT2D eigenvalue weighted by molar-refractivity contribution is 5.46. The molecule has 0 aliphatic carbocycles. The molecule has 0 spiro atoms. The first kappa shape index (κ1) is 14.4. The van der Waals surface area contributed by atoms with Crippen LogP contribution in [0.15, 0.2) is 18.2 Å². The summed E-state index contributed by atoms with van der Waals surface area (Å²) in [6, 6.07) is 6.67. The van der Waals surface area contributed by atoms with Gasteiger partial charge in [0.05, 0.1) is 18.8 Å². The van der Waals surface area contributed by atoms with Crippen molar-refractivity contribution in [3.8, 4) is 5.75 Å². The molecule has 2 unspecified atom stereocenters. The molecule has 1 aliphatic heterocycles. The van der Waals surface area contributed by atoms with Crippen molar-refractivity contribution in [2.45, 2.75) is 45.8 Å². The van der Waals surface area contributed by atoms with E-state index in [0.717, 1.165) is 38.3 Å². The summed E-state index contributed by atoms with van der Waals surface area (Å²) >= 11 is 0. The molecule has 0 fully saturated rings. The second-order valence-electron chi connectivity index (χ2n) is 4.87. The van der Waals surface area contributed by atoms with Crippen LogP contribution in [0.3, 0.4) is 0 Å². The lowest BCUT2D eigenvalue weighted by molar-refractivity contribution is 0.0312. The van der Waals surface area contributed by atoms with Crippen LogP contribution >= 0.6 is 0 Å². The zero-order chi connectivity index (χ0) is 13.7. The van der Waals surface area contributed by atoms with Crippen molar-refractivity contribution in [2.24, 2.45) is 0 Å². The lowest BCUT2D eigenvalue weighted by Gasteiger charge is -2.28. The molecule has 3 nitrogen and oxygen atoms in total. The van der Waals surface area contributed by atoms with Crippen LogP contribution in [-0.2, 0) is 11.2 Å². The number of para-hydroxylation sites is 1. The van der Waals surface area contributed by atoms with Crippen LogP contribution in [0.5, 0.6) is 5.75 Å². The van der Waals surface area contributed by atoms with Crippen molar-refractivity contribution < 1.29 is 9.47 Å². The smallest absolute Gasteiger partial charge is 0.127 e. The van der Waals surface area contributed by atoms with Gasteiger partial charge in [-0.2, -0.15) is 0 Å². The van der Waals surface area contributed by atoms with E-state index in [0.29, 0.717) is 0 Å². The van der Waals surface area contributed by atoms with Crippen LogP contribution < -0.4 is 10.1 Å². The Hall–Kier alpha value is -1.06. The summed E-state index contributed by atoms with van der Waals surface area (Å²) < 4.78 is 11.7. The van der Waals surface area contributed by atoms with Gasteiger partial charge in [0.2, 0.25) is 0 Å². The molecule has 3 heteroatoms. The average Bonchev–Trinajstić information content (AvgIpc) is 2.91. The molecule has 0 bridgehead atoms. The molecule has 0 radical (unpaired) electrons. The molecule has 106 valence electrons. The number of rotatable bonds is 7. The van der Waals surface area contributed by atoms with E-state index in [9.17, 15) is 0 Å². The van der Waals surface area contributed by atoms with Crippen LogP contribution in [0.25, 0.3) is 0 Å². The molecule has 0 saturated heterocycles. The third kappa shape index (κ3) is 3.10. The van der Waals surface area contributed by atoms with Crippen LogP contribution in [0, 0.1) is 0 Å². The van der Waals surface area contributed by atoms with Gasteiger partial charge in [0.15, 0.2) is 0 Å². The SMILES string of the molecule is CCNC(c1cccc2c1OCC2)C(CC)OCC. The molecule has 2 atom stereocenters. The molecule has 1 aromatic carbocycles. The number of nitrogens with one attached hydrogen (secondary N) is 1. The molecule has 1 N–H and O–H groups in total. The van der Waals surface area contributed by atoms with Gasteiger partial charge in [-0.1, -0.05) is 32.0 Å². The average molecular weight is 263 g/mol. The summed E-state index contributed by atoms with van der Waals surface area (Å²) in [5.74, 6) is 1.08. The minimum atomic E-state index is 0.195. The Morgan fingerprint density at radius 2 is 2.16 bits per heavy atom. The van der Waals surface area contributed by atoms with Crippen molar-refractivity contribution >= 4 is 0 Å². The summed E-state index contributed by atoms with van der Waals surface area (Å²) in [5, 5.41) is 3.56. The zero-order valence-corrected chi connectivity index (χ0v) is 12.2. The summed E-state index contributed by atoms with van der Waals surface area (Å²) in [6.45, 7) is 8.84. The molecule has 0 amide bonds. The van der Waals surface area contributed by atoms with Gasteiger partial charge in [0, 0.05) is 18.6 Å². The van der Waals surface area contributed by atoms with Gasteiger partial charge in [-0.3, -0.25) is 0 Å². The summed E-state index contributed by atoms with van der Waals surface area (Å²) in [7, 11) is 0. The molecule has 2 rings (SSSR count). The quantitative estimate of drug-likeness (QED) is 0.820. The minimum absolute atomic E-state index is 0.195. The van der Waals surface area contributed by atoms with Crippen molar-refractivity contribution in [1.29, 1.82) is 0 Å². The number of benzene rings is 1. The molecular weight excluding hydrogens is 238 g/mol. The highest BCUT2D eigenvalue weighted by Gasteiger charge is 2.27. The molecule has 0 saturated carbocycles. The minimum Gasteiger partial charge on any atom is -0.493 e. The monoisotopic (exact) mass is 263 g/mol. The van der Waals surface area contributed by atoms with E-state index in [-0.39, 0.29) is 12.1 Å². The van der Waals surface area contributed by atoms with Crippen LogP contribution in [-0.4, -0.2) is 25.9 Å². The normalized spacial score (nSPS) is 16.8. The lowest BCUT2D eigenvalue weighted by Crippen LogP contribution is -2.33. The number of hydrogen-bond donors (Lipinski definition) is 1. The molecule has 1 heterocycles. The fraction of sp³-hybridized carbons (Fsp3) is 0.625. The molecule has 0 aromatic heterocycles. The summed E-state index contributed by atoms with van der Waals surface area (Å²) in [6.07, 6.45) is 2.21. The largest absolute Gasteiger partial charge is 0.493 e. The fourth-order valence-electron chi connectivity index (χ4n) is 2.81.